The van der Waals surface area contributed by atoms with Crippen LogP contribution in [0, 0.1) is 11.3 Å². The van der Waals surface area contributed by atoms with Gasteiger partial charge >= 0.3 is 5.97 Å². The summed E-state index contributed by atoms with van der Waals surface area (Å²) in [6, 6.07) is 0. The maximum Gasteiger partial charge on any atom is 0.306 e. The number of hydrogen-bond donors (Lipinski definition) is 1. The lowest BCUT2D eigenvalue weighted by molar-refractivity contribution is -0.148. The number of carbonyl (C=O) groups is 1. The Morgan fingerprint density at radius 2 is 1.68 bits per heavy atom. The Morgan fingerprint density at radius 3 is 2.32 bits per heavy atom. The van der Waals surface area contributed by atoms with Crippen LogP contribution in [0.4, 0.5) is 0 Å². The Kier molecular flexibility index (Phi) is 5.68. The molecule has 0 atom stereocenters. The molecule has 2 saturated carbocycles. The fourth-order valence-corrected chi connectivity index (χ4v) is 3.68. The van der Waals surface area contributed by atoms with Crippen molar-refractivity contribution in [2.24, 2.45) is 17.1 Å². The molecule has 0 aliphatic heterocycles. The molecular weight excluding hydrogens is 238 g/mol. The van der Waals surface area contributed by atoms with Crippen LogP contribution in [0.25, 0.3) is 0 Å². The van der Waals surface area contributed by atoms with Gasteiger partial charge in [0.2, 0.25) is 0 Å². The molecule has 0 aromatic heterocycles. The van der Waals surface area contributed by atoms with Gasteiger partial charge in [-0.1, -0.05) is 38.5 Å². The molecule has 0 spiro atoms. The van der Waals surface area contributed by atoms with Crippen LogP contribution in [0.15, 0.2) is 0 Å². The molecule has 3 nitrogen and oxygen atoms in total. The van der Waals surface area contributed by atoms with Crippen LogP contribution in [0.1, 0.15) is 70.6 Å². The number of carbonyl (C=O) groups excluding carboxylic acids is 1. The number of hydrogen-bond acceptors (Lipinski definition) is 3. The van der Waals surface area contributed by atoms with Crippen LogP contribution in [0.2, 0.25) is 0 Å². The van der Waals surface area contributed by atoms with E-state index in [2.05, 4.69) is 0 Å². The van der Waals surface area contributed by atoms with Crippen molar-refractivity contribution in [1.82, 2.24) is 0 Å². The van der Waals surface area contributed by atoms with Gasteiger partial charge in [0.15, 0.2) is 0 Å². The Morgan fingerprint density at radius 1 is 1.05 bits per heavy atom. The first-order valence-corrected chi connectivity index (χ1v) is 8.10. The first-order valence-electron chi connectivity index (χ1n) is 8.10. The minimum absolute atomic E-state index is 0.0158. The van der Waals surface area contributed by atoms with Gasteiger partial charge in [0.1, 0.15) is 0 Å². The summed E-state index contributed by atoms with van der Waals surface area (Å²) < 4.78 is 5.52. The second-order valence-electron chi connectivity index (χ2n) is 6.63. The molecule has 0 amide bonds. The molecule has 2 N–H and O–H groups in total. The molecule has 2 aliphatic rings. The Bertz CT molecular complexity index is 278. The first-order chi connectivity index (χ1) is 9.24. The molecule has 0 heterocycles. The van der Waals surface area contributed by atoms with E-state index in [1.54, 1.807) is 0 Å². The number of nitrogens with two attached hydrogens (primary N) is 1. The van der Waals surface area contributed by atoms with E-state index >= 15 is 0 Å². The van der Waals surface area contributed by atoms with E-state index in [4.69, 9.17) is 10.5 Å². The van der Waals surface area contributed by atoms with Crippen molar-refractivity contribution in [2.45, 2.75) is 70.6 Å². The number of rotatable bonds is 5. The molecule has 2 rings (SSSR count). The van der Waals surface area contributed by atoms with Crippen LogP contribution in [0.3, 0.4) is 0 Å². The van der Waals surface area contributed by atoms with Gasteiger partial charge < -0.3 is 10.5 Å². The van der Waals surface area contributed by atoms with Crippen molar-refractivity contribution >= 4 is 5.97 Å². The highest BCUT2D eigenvalue weighted by Crippen LogP contribution is 2.38. The van der Waals surface area contributed by atoms with E-state index in [0.29, 0.717) is 25.5 Å². The van der Waals surface area contributed by atoms with E-state index in [-0.39, 0.29) is 11.4 Å². The molecular formula is C16H29NO2. The summed E-state index contributed by atoms with van der Waals surface area (Å²) in [5.74, 6) is 0.593. The monoisotopic (exact) mass is 267 g/mol. The van der Waals surface area contributed by atoms with Crippen molar-refractivity contribution in [3.05, 3.63) is 0 Å². The SMILES string of the molecule is NCC1(CC(=O)OCC2CCCCC2)CCCCC1. The minimum atomic E-state index is -0.0158. The maximum atomic E-state index is 12.0. The normalized spacial score (nSPS) is 24.1. The van der Waals surface area contributed by atoms with Gasteiger partial charge in [-0.3, -0.25) is 4.79 Å². The fraction of sp³-hybridized carbons (Fsp3) is 0.938. The lowest BCUT2D eigenvalue weighted by atomic mass is 9.72. The second-order valence-corrected chi connectivity index (χ2v) is 6.63. The molecule has 2 fully saturated rings. The molecule has 0 radical (unpaired) electrons. The molecule has 0 bridgehead atoms. The van der Waals surface area contributed by atoms with Crippen molar-refractivity contribution in [2.75, 3.05) is 13.2 Å². The van der Waals surface area contributed by atoms with Gasteiger partial charge in [-0.2, -0.15) is 0 Å². The van der Waals surface area contributed by atoms with Gasteiger partial charge in [0.05, 0.1) is 13.0 Å². The van der Waals surface area contributed by atoms with Gasteiger partial charge in [-0.05, 0) is 43.6 Å². The molecule has 3 heteroatoms. The first kappa shape index (κ1) is 14.8. The summed E-state index contributed by atoms with van der Waals surface area (Å²) in [7, 11) is 0. The minimum Gasteiger partial charge on any atom is -0.465 e. The van der Waals surface area contributed by atoms with Crippen molar-refractivity contribution in [1.29, 1.82) is 0 Å². The summed E-state index contributed by atoms with van der Waals surface area (Å²) in [4.78, 5) is 12.0. The van der Waals surface area contributed by atoms with Crippen LogP contribution in [-0.4, -0.2) is 19.1 Å². The second kappa shape index (κ2) is 7.28. The zero-order valence-corrected chi connectivity index (χ0v) is 12.2. The largest absolute Gasteiger partial charge is 0.465 e. The Balaban J connectivity index is 1.72. The number of esters is 1. The molecule has 0 aromatic carbocycles. The van der Waals surface area contributed by atoms with Gasteiger partial charge in [0.25, 0.3) is 0 Å². The molecule has 0 saturated heterocycles. The van der Waals surface area contributed by atoms with Crippen LogP contribution in [-0.2, 0) is 9.53 Å². The summed E-state index contributed by atoms with van der Waals surface area (Å²) in [5.41, 5.74) is 5.96. The highest BCUT2D eigenvalue weighted by Gasteiger charge is 2.33. The van der Waals surface area contributed by atoms with Crippen LogP contribution in [0.5, 0.6) is 0 Å². The van der Waals surface area contributed by atoms with E-state index in [1.807, 2.05) is 0 Å². The van der Waals surface area contributed by atoms with Crippen molar-refractivity contribution in [3.63, 3.8) is 0 Å². The third-order valence-corrected chi connectivity index (χ3v) is 5.07. The van der Waals surface area contributed by atoms with Crippen molar-refractivity contribution in [3.8, 4) is 0 Å². The zero-order chi connectivity index (χ0) is 13.6. The summed E-state index contributed by atoms with van der Waals surface area (Å²) in [6.45, 7) is 1.27. The van der Waals surface area contributed by atoms with E-state index in [0.717, 1.165) is 12.8 Å². The molecule has 2 aliphatic carbocycles. The smallest absolute Gasteiger partial charge is 0.306 e. The van der Waals surface area contributed by atoms with Crippen molar-refractivity contribution < 1.29 is 9.53 Å². The summed E-state index contributed by atoms with van der Waals surface area (Å²) in [6.07, 6.45) is 12.9. The van der Waals surface area contributed by atoms with E-state index in [1.165, 1.54) is 51.4 Å². The fourth-order valence-electron chi connectivity index (χ4n) is 3.68. The predicted molar refractivity (Wildman–Crippen MR) is 76.7 cm³/mol. The molecule has 19 heavy (non-hydrogen) atoms. The molecule has 0 unspecified atom stereocenters. The van der Waals surface area contributed by atoms with Gasteiger partial charge in [0, 0.05) is 0 Å². The van der Waals surface area contributed by atoms with Gasteiger partial charge in [-0.15, -0.1) is 0 Å². The maximum absolute atomic E-state index is 12.0. The highest BCUT2D eigenvalue weighted by atomic mass is 16.5. The summed E-state index contributed by atoms with van der Waals surface area (Å²) >= 11 is 0. The Labute approximate surface area is 117 Å². The van der Waals surface area contributed by atoms with E-state index in [9.17, 15) is 4.79 Å². The zero-order valence-electron chi connectivity index (χ0n) is 12.2. The van der Waals surface area contributed by atoms with Crippen LogP contribution >= 0.6 is 0 Å². The number of ether oxygens (including phenoxy) is 1. The predicted octanol–water partition coefficient (Wildman–Crippen LogP) is 3.41. The average molecular weight is 267 g/mol. The quantitative estimate of drug-likeness (QED) is 0.777. The van der Waals surface area contributed by atoms with E-state index < -0.39 is 0 Å². The van der Waals surface area contributed by atoms with Crippen LogP contribution < -0.4 is 5.73 Å². The summed E-state index contributed by atoms with van der Waals surface area (Å²) in [5, 5.41) is 0. The topological polar surface area (TPSA) is 52.3 Å². The Hall–Kier alpha value is -0.570. The highest BCUT2D eigenvalue weighted by molar-refractivity contribution is 5.70. The third-order valence-electron chi connectivity index (χ3n) is 5.07. The third kappa shape index (κ3) is 4.48. The average Bonchev–Trinajstić information content (AvgIpc) is 2.47. The molecule has 110 valence electrons. The lowest BCUT2D eigenvalue weighted by Gasteiger charge is -2.35. The molecule has 0 aromatic rings. The standard InChI is InChI=1S/C16H29NO2/c17-13-16(9-5-2-6-10-16)11-15(18)19-12-14-7-3-1-4-8-14/h14H,1-13,17H2. The van der Waals surface area contributed by atoms with Gasteiger partial charge in [-0.25, -0.2) is 0 Å². The lowest BCUT2D eigenvalue weighted by Crippen LogP contribution is -2.35.